The van der Waals surface area contributed by atoms with E-state index in [1.807, 2.05) is 26.0 Å². The van der Waals surface area contributed by atoms with E-state index in [1.54, 1.807) is 23.1 Å². The van der Waals surface area contributed by atoms with Crippen molar-refractivity contribution >= 4 is 34.0 Å². The molecule has 8 heteroatoms. The molecule has 1 aliphatic rings. The molecule has 6 nitrogen and oxygen atoms in total. The summed E-state index contributed by atoms with van der Waals surface area (Å²) in [6.45, 7) is 5.47. The number of anilines is 1. The number of likely N-dealkylation sites (tertiary alicyclic amines) is 1. The fraction of sp³-hybridized carbons (Fsp3) is 0.350. The lowest BCUT2D eigenvalue weighted by Crippen LogP contribution is -2.30. The first-order chi connectivity index (χ1) is 12.8. The second-order valence-electron chi connectivity index (χ2n) is 7.04. The van der Waals surface area contributed by atoms with E-state index in [4.69, 9.17) is 5.73 Å². The molecule has 0 radical (unpaired) electrons. The van der Waals surface area contributed by atoms with Gasteiger partial charge < -0.3 is 10.6 Å². The maximum Gasteiger partial charge on any atom is 0.261 e. The molecule has 2 aromatic carbocycles. The van der Waals surface area contributed by atoms with Gasteiger partial charge >= 0.3 is 0 Å². The number of amides is 1. The van der Waals surface area contributed by atoms with Crippen molar-refractivity contribution in [3.63, 3.8) is 0 Å². The number of hydrogen-bond donors (Lipinski definition) is 2. The molecule has 1 atom stereocenters. The van der Waals surface area contributed by atoms with Gasteiger partial charge in [-0.05, 0) is 62.1 Å². The third kappa shape index (κ3) is 4.66. The molecule has 2 aromatic rings. The Morgan fingerprint density at radius 3 is 2.54 bits per heavy atom. The number of rotatable bonds is 5. The third-order valence-electron chi connectivity index (χ3n) is 5.05. The van der Waals surface area contributed by atoms with Crippen molar-refractivity contribution < 1.29 is 13.2 Å². The van der Waals surface area contributed by atoms with E-state index in [9.17, 15) is 13.2 Å². The fourth-order valence-electron chi connectivity index (χ4n) is 3.27. The Labute approximate surface area is 172 Å². The maximum absolute atomic E-state index is 12.9. The maximum atomic E-state index is 12.9. The van der Waals surface area contributed by atoms with Gasteiger partial charge in [0.1, 0.15) is 0 Å². The van der Waals surface area contributed by atoms with Crippen molar-refractivity contribution in [2.45, 2.75) is 25.2 Å². The van der Waals surface area contributed by atoms with Gasteiger partial charge in [0.15, 0.2) is 0 Å². The number of halogens is 1. The summed E-state index contributed by atoms with van der Waals surface area (Å²) in [7, 11) is -3.79. The van der Waals surface area contributed by atoms with Crippen LogP contribution in [-0.2, 0) is 10.0 Å². The monoisotopic (exact) mass is 423 g/mol. The summed E-state index contributed by atoms with van der Waals surface area (Å²) in [6, 6.07) is 11.8. The summed E-state index contributed by atoms with van der Waals surface area (Å²) in [5.74, 6) is 0.167. The number of nitrogens with one attached hydrogen (secondary N) is 1. The second kappa shape index (κ2) is 8.94. The molecule has 3 rings (SSSR count). The fourth-order valence-corrected chi connectivity index (χ4v) is 4.43. The number of carbonyl (C=O) groups excluding carboxylic acids is 1. The van der Waals surface area contributed by atoms with Crippen LogP contribution in [0.5, 0.6) is 0 Å². The number of nitrogens with two attached hydrogens (primary N) is 1. The van der Waals surface area contributed by atoms with Crippen LogP contribution in [0.1, 0.15) is 27.9 Å². The highest BCUT2D eigenvalue weighted by atomic mass is 35.5. The smallest absolute Gasteiger partial charge is 0.261 e. The standard InChI is InChI=1S/C20H25N3O3S.ClH/c1-14-7-8-17(27(25,26)22-19-6-4-3-5-15(19)2)11-18(14)20(24)23-10-9-16(12-21)13-23;/h3-8,11,16,22H,9-10,12-13,21H2,1-2H3;1H. The average molecular weight is 424 g/mol. The SMILES string of the molecule is Cc1ccccc1NS(=O)(=O)c1ccc(C)c(C(=O)N2CCC(CN)C2)c1.Cl. The van der Waals surface area contributed by atoms with Crippen LogP contribution in [0.15, 0.2) is 47.4 Å². The molecule has 1 amide bonds. The van der Waals surface area contributed by atoms with Crippen molar-refractivity contribution in [1.29, 1.82) is 0 Å². The minimum Gasteiger partial charge on any atom is -0.338 e. The highest BCUT2D eigenvalue weighted by Crippen LogP contribution is 2.24. The molecular formula is C20H26ClN3O3S. The second-order valence-corrected chi connectivity index (χ2v) is 8.72. The van der Waals surface area contributed by atoms with Crippen LogP contribution in [0, 0.1) is 19.8 Å². The number of aryl methyl sites for hydroxylation is 2. The van der Waals surface area contributed by atoms with Gasteiger partial charge in [-0.1, -0.05) is 24.3 Å². The first kappa shape index (κ1) is 22.2. The van der Waals surface area contributed by atoms with Gasteiger partial charge in [-0.25, -0.2) is 8.42 Å². The molecule has 1 aliphatic heterocycles. The van der Waals surface area contributed by atoms with Crippen molar-refractivity contribution in [2.75, 3.05) is 24.4 Å². The predicted octanol–water partition coefficient (Wildman–Crippen LogP) is 2.95. The first-order valence-corrected chi connectivity index (χ1v) is 10.5. The van der Waals surface area contributed by atoms with Crippen LogP contribution in [-0.4, -0.2) is 38.9 Å². The van der Waals surface area contributed by atoms with Crippen molar-refractivity contribution in [2.24, 2.45) is 11.7 Å². The van der Waals surface area contributed by atoms with Crippen LogP contribution in [0.25, 0.3) is 0 Å². The van der Waals surface area contributed by atoms with Gasteiger partial charge in [-0.3, -0.25) is 9.52 Å². The van der Waals surface area contributed by atoms with Crippen LogP contribution < -0.4 is 10.5 Å². The van der Waals surface area contributed by atoms with E-state index >= 15 is 0 Å². The lowest BCUT2D eigenvalue weighted by atomic mass is 10.1. The Balaban J connectivity index is 0.00000280. The van der Waals surface area contributed by atoms with E-state index in [1.165, 1.54) is 12.1 Å². The number of para-hydroxylation sites is 1. The topological polar surface area (TPSA) is 92.5 Å². The molecule has 0 aliphatic carbocycles. The zero-order chi connectivity index (χ0) is 19.6. The van der Waals surface area contributed by atoms with E-state index in [2.05, 4.69) is 4.72 Å². The van der Waals surface area contributed by atoms with Crippen molar-refractivity contribution in [1.82, 2.24) is 4.90 Å². The molecule has 1 heterocycles. The van der Waals surface area contributed by atoms with Crippen molar-refractivity contribution in [3.8, 4) is 0 Å². The van der Waals surface area contributed by atoms with Gasteiger partial charge in [0, 0.05) is 18.7 Å². The average Bonchev–Trinajstić information content (AvgIpc) is 3.12. The quantitative estimate of drug-likeness (QED) is 0.773. The molecule has 1 fully saturated rings. The van der Waals surface area contributed by atoms with Gasteiger partial charge in [0.2, 0.25) is 0 Å². The van der Waals surface area contributed by atoms with E-state index < -0.39 is 10.0 Å². The molecule has 0 saturated carbocycles. The Morgan fingerprint density at radius 1 is 1.18 bits per heavy atom. The summed E-state index contributed by atoms with van der Waals surface area (Å²) in [4.78, 5) is 14.7. The summed E-state index contributed by atoms with van der Waals surface area (Å²) in [5.41, 5.74) is 8.23. The van der Waals surface area contributed by atoms with Crippen LogP contribution in [0.4, 0.5) is 5.69 Å². The van der Waals surface area contributed by atoms with E-state index in [0.717, 1.165) is 17.5 Å². The zero-order valence-electron chi connectivity index (χ0n) is 16.0. The largest absolute Gasteiger partial charge is 0.338 e. The number of benzene rings is 2. The molecule has 0 spiro atoms. The summed E-state index contributed by atoms with van der Waals surface area (Å²) in [5, 5.41) is 0. The zero-order valence-corrected chi connectivity index (χ0v) is 17.6. The summed E-state index contributed by atoms with van der Waals surface area (Å²) < 4.78 is 28.2. The van der Waals surface area contributed by atoms with Gasteiger partial charge in [-0.15, -0.1) is 12.4 Å². The molecule has 3 N–H and O–H groups in total. The highest BCUT2D eigenvalue weighted by molar-refractivity contribution is 7.92. The molecule has 0 aromatic heterocycles. The van der Waals surface area contributed by atoms with Crippen LogP contribution >= 0.6 is 12.4 Å². The van der Waals surface area contributed by atoms with E-state index in [0.29, 0.717) is 36.8 Å². The Hall–Kier alpha value is -2.09. The lowest BCUT2D eigenvalue weighted by Gasteiger charge is -2.18. The number of nitrogens with zero attached hydrogens (tertiary/aromatic N) is 1. The number of carbonyl (C=O) groups is 1. The summed E-state index contributed by atoms with van der Waals surface area (Å²) in [6.07, 6.45) is 0.883. The van der Waals surface area contributed by atoms with Crippen LogP contribution in [0.3, 0.4) is 0 Å². The molecule has 1 saturated heterocycles. The third-order valence-corrected chi connectivity index (χ3v) is 6.41. The minimum atomic E-state index is -3.79. The molecular weight excluding hydrogens is 398 g/mol. The van der Waals surface area contributed by atoms with Crippen molar-refractivity contribution in [3.05, 3.63) is 59.2 Å². The van der Waals surface area contributed by atoms with E-state index in [-0.39, 0.29) is 23.2 Å². The molecule has 1 unspecified atom stereocenters. The summed E-state index contributed by atoms with van der Waals surface area (Å²) >= 11 is 0. The Morgan fingerprint density at radius 2 is 1.89 bits per heavy atom. The highest BCUT2D eigenvalue weighted by Gasteiger charge is 2.28. The van der Waals surface area contributed by atoms with Crippen LogP contribution in [0.2, 0.25) is 0 Å². The Kier molecular flexibility index (Phi) is 7.09. The molecule has 0 bridgehead atoms. The molecule has 28 heavy (non-hydrogen) atoms. The van der Waals surface area contributed by atoms with Gasteiger partial charge in [0.05, 0.1) is 10.6 Å². The lowest BCUT2D eigenvalue weighted by molar-refractivity contribution is 0.0786. The molecule has 152 valence electrons. The Bertz CT molecular complexity index is 963. The number of hydrogen-bond acceptors (Lipinski definition) is 4. The normalized spacial score (nSPS) is 16.5. The predicted molar refractivity (Wildman–Crippen MR) is 113 cm³/mol. The minimum absolute atomic E-state index is 0. The number of sulfonamides is 1. The first-order valence-electron chi connectivity index (χ1n) is 9.00. The van der Waals surface area contributed by atoms with Gasteiger partial charge in [-0.2, -0.15) is 0 Å². The van der Waals surface area contributed by atoms with Gasteiger partial charge in [0.25, 0.3) is 15.9 Å².